The molecular formula is C14H16FN5. The Labute approximate surface area is 116 Å². The van der Waals surface area contributed by atoms with E-state index in [2.05, 4.69) is 25.2 Å². The normalized spacial score (nSPS) is 14.6. The highest BCUT2D eigenvalue weighted by atomic mass is 19.1. The predicted molar refractivity (Wildman–Crippen MR) is 76.2 cm³/mol. The minimum Gasteiger partial charge on any atom is -0.357 e. The summed E-state index contributed by atoms with van der Waals surface area (Å²) in [5.74, 6) is 1.50. The number of hydrogen-bond donors (Lipinski definition) is 1. The Balaban J connectivity index is 2.01. The van der Waals surface area contributed by atoms with Gasteiger partial charge in [-0.1, -0.05) is 0 Å². The number of benzene rings is 1. The lowest BCUT2D eigenvalue weighted by Gasteiger charge is -2.16. The van der Waals surface area contributed by atoms with Gasteiger partial charge in [-0.2, -0.15) is 15.0 Å². The van der Waals surface area contributed by atoms with Gasteiger partial charge in [0, 0.05) is 25.7 Å². The SMILES string of the molecule is CNc1nc(-c2ccc(F)cc2)nc(N2CCCC2)n1. The summed E-state index contributed by atoms with van der Waals surface area (Å²) in [5, 5.41) is 2.95. The van der Waals surface area contributed by atoms with Gasteiger partial charge in [0.25, 0.3) is 0 Å². The van der Waals surface area contributed by atoms with Gasteiger partial charge in [-0.05, 0) is 37.1 Å². The molecule has 20 heavy (non-hydrogen) atoms. The first-order chi connectivity index (χ1) is 9.76. The van der Waals surface area contributed by atoms with E-state index >= 15 is 0 Å². The molecule has 5 nitrogen and oxygen atoms in total. The van der Waals surface area contributed by atoms with E-state index in [9.17, 15) is 4.39 Å². The Morgan fingerprint density at radius 1 is 1.05 bits per heavy atom. The van der Waals surface area contributed by atoms with Gasteiger partial charge in [-0.15, -0.1) is 0 Å². The fourth-order valence-electron chi connectivity index (χ4n) is 2.26. The minimum atomic E-state index is -0.267. The molecule has 1 N–H and O–H groups in total. The van der Waals surface area contributed by atoms with Crippen LogP contribution in [0, 0.1) is 5.82 Å². The van der Waals surface area contributed by atoms with Gasteiger partial charge in [-0.3, -0.25) is 0 Å². The van der Waals surface area contributed by atoms with Gasteiger partial charge >= 0.3 is 0 Å². The summed E-state index contributed by atoms with van der Waals surface area (Å²) in [7, 11) is 1.78. The van der Waals surface area contributed by atoms with Crippen molar-refractivity contribution in [3.05, 3.63) is 30.1 Å². The van der Waals surface area contributed by atoms with Crippen molar-refractivity contribution in [3.63, 3.8) is 0 Å². The van der Waals surface area contributed by atoms with Gasteiger partial charge < -0.3 is 10.2 Å². The highest BCUT2D eigenvalue weighted by Gasteiger charge is 2.17. The van der Waals surface area contributed by atoms with E-state index in [1.807, 2.05) is 0 Å². The van der Waals surface area contributed by atoms with Gasteiger partial charge in [0.15, 0.2) is 5.82 Å². The van der Waals surface area contributed by atoms with E-state index in [-0.39, 0.29) is 5.82 Å². The monoisotopic (exact) mass is 273 g/mol. The molecule has 2 aromatic rings. The number of aromatic nitrogens is 3. The van der Waals surface area contributed by atoms with Gasteiger partial charge in [0.05, 0.1) is 0 Å². The average molecular weight is 273 g/mol. The lowest BCUT2D eigenvalue weighted by atomic mass is 10.2. The van der Waals surface area contributed by atoms with E-state index in [1.54, 1.807) is 19.2 Å². The summed E-state index contributed by atoms with van der Waals surface area (Å²) < 4.78 is 13.0. The van der Waals surface area contributed by atoms with Crippen LogP contribution in [0.4, 0.5) is 16.3 Å². The molecule has 0 unspecified atom stereocenters. The number of nitrogens with zero attached hydrogens (tertiary/aromatic N) is 4. The van der Waals surface area contributed by atoms with E-state index in [0.717, 1.165) is 31.5 Å². The Bertz CT molecular complexity index is 593. The molecule has 0 saturated carbocycles. The van der Waals surface area contributed by atoms with Crippen LogP contribution in [-0.4, -0.2) is 35.1 Å². The molecule has 1 aliphatic rings. The Morgan fingerprint density at radius 2 is 1.75 bits per heavy atom. The van der Waals surface area contributed by atoms with Crippen LogP contribution in [0.3, 0.4) is 0 Å². The second-order valence-electron chi connectivity index (χ2n) is 4.73. The first-order valence-corrected chi connectivity index (χ1v) is 6.71. The zero-order valence-electron chi connectivity index (χ0n) is 11.3. The summed E-state index contributed by atoms with van der Waals surface area (Å²) in [4.78, 5) is 15.4. The van der Waals surface area contributed by atoms with Crippen LogP contribution in [0.5, 0.6) is 0 Å². The zero-order chi connectivity index (χ0) is 13.9. The standard InChI is InChI=1S/C14H16FN5/c1-16-13-17-12(10-4-6-11(15)7-5-10)18-14(19-13)20-8-2-3-9-20/h4-7H,2-3,8-9H2,1H3,(H,16,17,18,19). The molecular weight excluding hydrogens is 257 g/mol. The number of rotatable bonds is 3. The third-order valence-electron chi connectivity index (χ3n) is 3.34. The molecule has 1 aromatic heterocycles. The van der Waals surface area contributed by atoms with Crippen LogP contribution in [0.2, 0.25) is 0 Å². The van der Waals surface area contributed by atoms with Crippen molar-refractivity contribution < 1.29 is 4.39 Å². The topological polar surface area (TPSA) is 53.9 Å². The van der Waals surface area contributed by atoms with Crippen molar-refractivity contribution >= 4 is 11.9 Å². The number of anilines is 2. The molecule has 6 heteroatoms. The molecule has 104 valence electrons. The molecule has 0 bridgehead atoms. The summed E-state index contributed by atoms with van der Waals surface area (Å²) in [6.07, 6.45) is 2.32. The predicted octanol–water partition coefficient (Wildman–Crippen LogP) is 2.32. The third-order valence-corrected chi connectivity index (χ3v) is 3.34. The van der Waals surface area contributed by atoms with Crippen molar-refractivity contribution in [2.75, 3.05) is 30.4 Å². The molecule has 1 saturated heterocycles. The van der Waals surface area contributed by atoms with Crippen LogP contribution in [0.1, 0.15) is 12.8 Å². The molecule has 0 atom stereocenters. The Hall–Kier alpha value is -2.24. The largest absolute Gasteiger partial charge is 0.357 e. The van der Waals surface area contributed by atoms with Crippen LogP contribution < -0.4 is 10.2 Å². The van der Waals surface area contributed by atoms with Crippen LogP contribution in [0.15, 0.2) is 24.3 Å². The fourth-order valence-corrected chi connectivity index (χ4v) is 2.26. The average Bonchev–Trinajstić information content (AvgIpc) is 3.02. The maximum Gasteiger partial charge on any atom is 0.230 e. The highest BCUT2D eigenvalue weighted by molar-refractivity contribution is 5.58. The molecule has 2 heterocycles. The first-order valence-electron chi connectivity index (χ1n) is 6.71. The maximum atomic E-state index is 13.0. The maximum absolute atomic E-state index is 13.0. The summed E-state index contributed by atoms with van der Waals surface area (Å²) in [6, 6.07) is 6.18. The van der Waals surface area contributed by atoms with E-state index in [1.165, 1.54) is 12.1 Å². The lowest BCUT2D eigenvalue weighted by Crippen LogP contribution is -2.21. The fraction of sp³-hybridized carbons (Fsp3) is 0.357. The van der Waals surface area contributed by atoms with Gasteiger partial charge in [0.1, 0.15) is 5.82 Å². The summed E-state index contributed by atoms with van der Waals surface area (Å²) >= 11 is 0. The first kappa shape index (κ1) is 12.8. The number of nitrogens with one attached hydrogen (secondary N) is 1. The van der Waals surface area contributed by atoms with Gasteiger partial charge in [-0.25, -0.2) is 4.39 Å². The van der Waals surface area contributed by atoms with Crippen molar-refractivity contribution in [1.29, 1.82) is 0 Å². The number of hydrogen-bond acceptors (Lipinski definition) is 5. The molecule has 1 fully saturated rings. The van der Waals surface area contributed by atoms with E-state index in [4.69, 9.17) is 0 Å². The van der Waals surface area contributed by atoms with Crippen molar-refractivity contribution in [2.24, 2.45) is 0 Å². The molecule has 0 spiro atoms. The molecule has 0 radical (unpaired) electrons. The molecule has 1 aromatic carbocycles. The van der Waals surface area contributed by atoms with Crippen LogP contribution in [0.25, 0.3) is 11.4 Å². The Kier molecular flexibility index (Phi) is 3.45. The number of halogens is 1. The summed E-state index contributed by atoms with van der Waals surface area (Å²) in [5.41, 5.74) is 0.783. The van der Waals surface area contributed by atoms with Crippen molar-refractivity contribution in [3.8, 4) is 11.4 Å². The third kappa shape index (κ3) is 2.54. The van der Waals surface area contributed by atoms with Crippen LogP contribution in [-0.2, 0) is 0 Å². The van der Waals surface area contributed by atoms with Crippen molar-refractivity contribution in [2.45, 2.75) is 12.8 Å². The lowest BCUT2D eigenvalue weighted by molar-refractivity contribution is 0.628. The molecule has 1 aliphatic heterocycles. The van der Waals surface area contributed by atoms with Crippen molar-refractivity contribution in [1.82, 2.24) is 15.0 Å². The zero-order valence-corrected chi connectivity index (χ0v) is 11.3. The molecule has 0 amide bonds. The van der Waals surface area contributed by atoms with Gasteiger partial charge in [0.2, 0.25) is 11.9 Å². The second kappa shape index (κ2) is 5.40. The van der Waals surface area contributed by atoms with Crippen LogP contribution >= 0.6 is 0 Å². The van der Waals surface area contributed by atoms with E-state index in [0.29, 0.717) is 17.7 Å². The minimum absolute atomic E-state index is 0.267. The molecule has 0 aliphatic carbocycles. The quantitative estimate of drug-likeness (QED) is 0.930. The molecule has 3 rings (SSSR count). The highest BCUT2D eigenvalue weighted by Crippen LogP contribution is 2.22. The second-order valence-corrected chi connectivity index (χ2v) is 4.73. The Morgan fingerprint density at radius 3 is 2.40 bits per heavy atom. The smallest absolute Gasteiger partial charge is 0.230 e. The summed E-state index contributed by atoms with van der Waals surface area (Å²) in [6.45, 7) is 1.94. The van der Waals surface area contributed by atoms with E-state index < -0.39 is 0 Å².